The second-order valence-corrected chi connectivity index (χ2v) is 6.34. The maximum atomic E-state index is 5.42. The third kappa shape index (κ3) is 2.68. The molecular formula is C14H15BrN2OS. The Balaban J connectivity index is 1.95. The van der Waals surface area contributed by atoms with Crippen LogP contribution >= 0.6 is 27.3 Å². The lowest BCUT2D eigenvalue weighted by Crippen LogP contribution is -2.12. The number of ether oxygens (including phenoxy) is 1. The standard InChI is InChI=1S/C14H15BrN2OS/c1-18-13-5-4-9(15)7-10(13)14-17-12(8-19-14)11-3-2-6-16-11/h4-5,7-8,11,16H,2-3,6H2,1H3. The number of nitrogens with zero attached hydrogens (tertiary/aromatic N) is 1. The van der Waals surface area contributed by atoms with E-state index in [1.54, 1.807) is 18.4 Å². The van der Waals surface area contributed by atoms with Crippen molar-refractivity contribution in [2.24, 2.45) is 0 Å². The summed E-state index contributed by atoms with van der Waals surface area (Å²) in [6.45, 7) is 1.09. The number of aromatic nitrogens is 1. The predicted octanol–water partition coefficient (Wildman–Crippen LogP) is 4.01. The predicted molar refractivity (Wildman–Crippen MR) is 81.8 cm³/mol. The van der Waals surface area contributed by atoms with Gasteiger partial charge in [0.15, 0.2) is 0 Å². The van der Waals surface area contributed by atoms with Crippen LogP contribution in [0, 0.1) is 0 Å². The lowest BCUT2D eigenvalue weighted by atomic mass is 10.2. The summed E-state index contributed by atoms with van der Waals surface area (Å²) in [4.78, 5) is 4.77. The van der Waals surface area contributed by atoms with E-state index in [-0.39, 0.29) is 0 Å². The summed E-state index contributed by atoms with van der Waals surface area (Å²) in [7, 11) is 1.69. The van der Waals surface area contributed by atoms with Crippen molar-refractivity contribution in [2.75, 3.05) is 13.7 Å². The van der Waals surface area contributed by atoms with Gasteiger partial charge >= 0.3 is 0 Å². The zero-order valence-corrected chi connectivity index (χ0v) is 13.1. The zero-order chi connectivity index (χ0) is 13.2. The fourth-order valence-electron chi connectivity index (χ4n) is 2.35. The summed E-state index contributed by atoms with van der Waals surface area (Å²) in [5.74, 6) is 0.864. The third-order valence-corrected chi connectivity index (χ3v) is 4.72. The molecule has 100 valence electrons. The van der Waals surface area contributed by atoms with Gasteiger partial charge in [-0.2, -0.15) is 0 Å². The first kappa shape index (κ1) is 13.1. The number of rotatable bonds is 3. The SMILES string of the molecule is COc1ccc(Br)cc1-c1nc(C2CCCN2)cs1. The van der Waals surface area contributed by atoms with E-state index in [9.17, 15) is 0 Å². The fraction of sp³-hybridized carbons (Fsp3) is 0.357. The van der Waals surface area contributed by atoms with Gasteiger partial charge in [-0.3, -0.25) is 0 Å². The summed E-state index contributed by atoms with van der Waals surface area (Å²) >= 11 is 5.18. The van der Waals surface area contributed by atoms with Crippen molar-refractivity contribution in [2.45, 2.75) is 18.9 Å². The van der Waals surface area contributed by atoms with Gasteiger partial charge in [0.25, 0.3) is 0 Å². The number of hydrogen-bond acceptors (Lipinski definition) is 4. The van der Waals surface area contributed by atoms with Gasteiger partial charge in [-0.25, -0.2) is 4.98 Å². The van der Waals surface area contributed by atoms with Crippen LogP contribution in [0.15, 0.2) is 28.1 Å². The summed E-state index contributed by atoms with van der Waals surface area (Å²) in [6.07, 6.45) is 2.41. The summed E-state index contributed by atoms with van der Waals surface area (Å²) < 4.78 is 6.46. The maximum absolute atomic E-state index is 5.42. The van der Waals surface area contributed by atoms with E-state index in [2.05, 4.69) is 32.7 Å². The summed E-state index contributed by atoms with van der Waals surface area (Å²) in [6, 6.07) is 6.43. The van der Waals surface area contributed by atoms with Crippen molar-refractivity contribution in [3.8, 4) is 16.3 Å². The molecular weight excluding hydrogens is 324 g/mol. The molecule has 1 unspecified atom stereocenters. The normalized spacial score (nSPS) is 18.7. The first-order valence-electron chi connectivity index (χ1n) is 6.30. The Morgan fingerprint density at radius 1 is 1.47 bits per heavy atom. The molecule has 0 saturated carbocycles. The monoisotopic (exact) mass is 338 g/mol. The third-order valence-electron chi connectivity index (χ3n) is 3.33. The second kappa shape index (κ2) is 5.61. The highest BCUT2D eigenvalue weighted by atomic mass is 79.9. The van der Waals surface area contributed by atoms with E-state index in [4.69, 9.17) is 9.72 Å². The van der Waals surface area contributed by atoms with Gasteiger partial charge in [-0.1, -0.05) is 15.9 Å². The highest BCUT2D eigenvalue weighted by Crippen LogP contribution is 2.36. The van der Waals surface area contributed by atoms with Gasteiger partial charge < -0.3 is 10.1 Å². The van der Waals surface area contributed by atoms with E-state index >= 15 is 0 Å². The second-order valence-electron chi connectivity index (χ2n) is 4.57. The molecule has 0 aliphatic carbocycles. The van der Waals surface area contributed by atoms with Crippen LogP contribution in [0.5, 0.6) is 5.75 Å². The molecule has 1 aliphatic heterocycles. The molecule has 1 aromatic heterocycles. The quantitative estimate of drug-likeness (QED) is 0.918. The Labute approximate surface area is 125 Å². The number of methoxy groups -OCH3 is 1. The molecule has 1 atom stereocenters. The molecule has 0 radical (unpaired) electrons. The van der Waals surface area contributed by atoms with Gasteiger partial charge in [-0.15, -0.1) is 11.3 Å². The van der Waals surface area contributed by atoms with Crippen molar-refractivity contribution in [1.29, 1.82) is 0 Å². The highest BCUT2D eigenvalue weighted by molar-refractivity contribution is 9.10. The van der Waals surface area contributed by atoms with Crippen LogP contribution in [0.1, 0.15) is 24.6 Å². The van der Waals surface area contributed by atoms with E-state index in [1.807, 2.05) is 12.1 Å². The van der Waals surface area contributed by atoms with Crippen molar-refractivity contribution >= 4 is 27.3 Å². The lowest BCUT2D eigenvalue weighted by molar-refractivity contribution is 0.416. The minimum Gasteiger partial charge on any atom is -0.496 e. The van der Waals surface area contributed by atoms with Crippen molar-refractivity contribution in [3.63, 3.8) is 0 Å². The molecule has 19 heavy (non-hydrogen) atoms. The largest absolute Gasteiger partial charge is 0.496 e. The van der Waals surface area contributed by atoms with Gasteiger partial charge in [0.2, 0.25) is 0 Å². The van der Waals surface area contributed by atoms with E-state index in [1.165, 1.54) is 12.8 Å². The number of nitrogens with one attached hydrogen (secondary N) is 1. The summed E-state index contributed by atoms with van der Waals surface area (Å²) in [5, 5.41) is 6.65. The molecule has 3 nitrogen and oxygen atoms in total. The molecule has 2 aromatic rings. The number of halogens is 1. The van der Waals surface area contributed by atoms with E-state index in [0.29, 0.717) is 6.04 Å². The molecule has 2 heterocycles. The molecule has 1 fully saturated rings. The lowest BCUT2D eigenvalue weighted by Gasteiger charge is -2.07. The molecule has 1 N–H and O–H groups in total. The van der Waals surface area contributed by atoms with Crippen LogP contribution in [-0.4, -0.2) is 18.6 Å². The molecule has 0 bridgehead atoms. The molecule has 0 amide bonds. The fourth-order valence-corrected chi connectivity index (χ4v) is 3.61. The minimum absolute atomic E-state index is 0.420. The number of benzene rings is 1. The van der Waals surface area contributed by atoms with Gasteiger partial charge in [0, 0.05) is 9.85 Å². The first-order chi connectivity index (χ1) is 9.28. The van der Waals surface area contributed by atoms with Crippen LogP contribution in [0.3, 0.4) is 0 Å². The van der Waals surface area contributed by atoms with E-state index in [0.717, 1.165) is 33.0 Å². The number of thiazole rings is 1. The van der Waals surface area contributed by atoms with Crippen LogP contribution in [0.25, 0.3) is 10.6 Å². The van der Waals surface area contributed by atoms with Crippen LogP contribution < -0.4 is 10.1 Å². The Morgan fingerprint density at radius 2 is 2.37 bits per heavy atom. The van der Waals surface area contributed by atoms with Crippen LogP contribution in [-0.2, 0) is 0 Å². The van der Waals surface area contributed by atoms with Crippen molar-refractivity contribution < 1.29 is 4.74 Å². The average molecular weight is 339 g/mol. The summed E-state index contributed by atoms with van der Waals surface area (Å²) in [5.41, 5.74) is 2.20. The van der Waals surface area contributed by atoms with Gasteiger partial charge in [0.1, 0.15) is 10.8 Å². The molecule has 1 aromatic carbocycles. The van der Waals surface area contributed by atoms with Gasteiger partial charge in [-0.05, 0) is 37.6 Å². The maximum Gasteiger partial charge on any atom is 0.129 e. The average Bonchev–Trinajstić information content (AvgIpc) is 3.09. The Hall–Kier alpha value is -0.910. The Bertz CT molecular complexity index is 579. The van der Waals surface area contributed by atoms with E-state index < -0.39 is 0 Å². The molecule has 5 heteroatoms. The van der Waals surface area contributed by atoms with Crippen molar-refractivity contribution in [3.05, 3.63) is 33.7 Å². The minimum atomic E-state index is 0.420. The van der Waals surface area contributed by atoms with Gasteiger partial charge in [0.05, 0.1) is 24.4 Å². The highest BCUT2D eigenvalue weighted by Gasteiger charge is 2.20. The molecule has 3 rings (SSSR count). The molecule has 1 aliphatic rings. The van der Waals surface area contributed by atoms with Crippen molar-refractivity contribution in [1.82, 2.24) is 10.3 Å². The first-order valence-corrected chi connectivity index (χ1v) is 7.98. The Kier molecular flexibility index (Phi) is 3.86. The smallest absolute Gasteiger partial charge is 0.129 e. The molecule has 1 saturated heterocycles. The number of hydrogen-bond donors (Lipinski definition) is 1. The molecule has 0 spiro atoms. The zero-order valence-electron chi connectivity index (χ0n) is 10.6. The van der Waals surface area contributed by atoms with Crippen LogP contribution in [0.2, 0.25) is 0 Å². The Morgan fingerprint density at radius 3 is 3.11 bits per heavy atom. The topological polar surface area (TPSA) is 34.1 Å². The van der Waals surface area contributed by atoms with Crippen LogP contribution in [0.4, 0.5) is 0 Å².